The van der Waals surface area contributed by atoms with Gasteiger partial charge in [-0.1, -0.05) is 0 Å². The lowest BCUT2D eigenvalue weighted by molar-refractivity contribution is -0.841. The quantitative estimate of drug-likeness (QED) is 0.442. The van der Waals surface area contributed by atoms with Crippen LogP contribution in [0.5, 0.6) is 0 Å². The third-order valence-electron chi connectivity index (χ3n) is 1.56. The van der Waals surface area contributed by atoms with Crippen molar-refractivity contribution in [3.8, 4) is 0 Å². The zero-order valence-corrected chi connectivity index (χ0v) is 5.27. The molecule has 2 nitrogen and oxygen atoms in total. The SMILES string of the molecule is CC1(C)CC=C[N@@H+]1[O-]. The minimum atomic E-state index is -0.0972. The van der Waals surface area contributed by atoms with Crippen molar-refractivity contribution in [3.63, 3.8) is 0 Å². The molecule has 0 fully saturated rings. The number of hydroxylamine groups is 2. The first-order valence-corrected chi connectivity index (χ1v) is 2.84. The summed E-state index contributed by atoms with van der Waals surface area (Å²) in [6.45, 7) is 3.94. The number of rotatable bonds is 0. The Hall–Kier alpha value is -0.340. The van der Waals surface area contributed by atoms with Gasteiger partial charge in [0.25, 0.3) is 0 Å². The van der Waals surface area contributed by atoms with Crippen molar-refractivity contribution in [2.24, 2.45) is 0 Å². The molecule has 0 amide bonds. The fourth-order valence-electron chi connectivity index (χ4n) is 0.787. The van der Waals surface area contributed by atoms with Crippen LogP contribution in [0.15, 0.2) is 12.3 Å². The molecule has 0 aromatic rings. The molecule has 0 aliphatic carbocycles. The highest BCUT2D eigenvalue weighted by molar-refractivity contribution is 4.89. The first-order valence-electron chi connectivity index (χ1n) is 2.84. The molecular formula is C6H11NO. The summed E-state index contributed by atoms with van der Waals surface area (Å²) < 4.78 is 0. The monoisotopic (exact) mass is 113 g/mol. The number of hydrogen-bond donors (Lipinski definition) is 1. The minimum absolute atomic E-state index is 0.0972. The minimum Gasteiger partial charge on any atom is -0.629 e. The first kappa shape index (κ1) is 5.79. The standard InChI is InChI=1S/C6H11NO/c1-6(2)4-3-5-7(6)8/h3,5,7H,4H2,1-2H3. The predicted molar refractivity (Wildman–Crippen MR) is 32.2 cm³/mol. The van der Waals surface area contributed by atoms with Gasteiger partial charge in [-0.25, -0.2) is 0 Å². The molecule has 1 N–H and O–H groups in total. The fraction of sp³-hybridized carbons (Fsp3) is 0.667. The molecular weight excluding hydrogens is 102 g/mol. The second-order valence-corrected chi connectivity index (χ2v) is 2.85. The van der Waals surface area contributed by atoms with Gasteiger partial charge in [0, 0.05) is 6.42 Å². The Morgan fingerprint density at radius 1 is 1.62 bits per heavy atom. The van der Waals surface area contributed by atoms with E-state index in [9.17, 15) is 5.21 Å². The lowest BCUT2D eigenvalue weighted by Gasteiger charge is -2.29. The second kappa shape index (κ2) is 1.57. The summed E-state index contributed by atoms with van der Waals surface area (Å²) in [6, 6.07) is 0. The van der Waals surface area contributed by atoms with Crippen molar-refractivity contribution in [3.05, 3.63) is 17.5 Å². The Balaban J connectivity index is 2.64. The van der Waals surface area contributed by atoms with E-state index < -0.39 is 0 Å². The Bertz CT molecular complexity index is 118. The smallest absolute Gasteiger partial charge is 0.0995 e. The van der Waals surface area contributed by atoms with E-state index in [0.29, 0.717) is 0 Å². The van der Waals surface area contributed by atoms with E-state index in [1.54, 1.807) is 6.20 Å². The van der Waals surface area contributed by atoms with E-state index >= 15 is 0 Å². The highest BCUT2D eigenvalue weighted by Gasteiger charge is 2.26. The van der Waals surface area contributed by atoms with Crippen molar-refractivity contribution in [1.82, 2.24) is 0 Å². The average molecular weight is 113 g/mol. The summed E-state index contributed by atoms with van der Waals surface area (Å²) in [6.07, 6.45) is 4.51. The molecule has 1 aliphatic rings. The molecule has 0 saturated heterocycles. The maximum atomic E-state index is 10.8. The van der Waals surface area contributed by atoms with Gasteiger partial charge in [0.1, 0.15) is 0 Å². The van der Waals surface area contributed by atoms with E-state index in [0.717, 1.165) is 6.42 Å². The Kier molecular flexibility index (Phi) is 1.14. The third-order valence-corrected chi connectivity index (χ3v) is 1.56. The van der Waals surface area contributed by atoms with Crippen molar-refractivity contribution in [2.75, 3.05) is 0 Å². The van der Waals surface area contributed by atoms with Crippen molar-refractivity contribution >= 4 is 0 Å². The van der Waals surface area contributed by atoms with Gasteiger partial charge < -0.3 is 10.3 Å². The molecule has 1 aliphatic heterocycles. The zero-order valence-electron chi connectivity index (χ0n) is 5.27. The van der Waals surface area contributed by atoms with Crippen LogP contribution >= 0.6 is 0 Å². The van der Waals surface area contributed by atoms with Crippen LogP contribution in [0.3, 0.4) is 0 Å². The molecule has 0 bridgehead atoms. The molecule has 8 heavy (non-hydrogen) atoms. The van der Waals surface area contributed by atoms with Crippen molar-refractivity contribution in [2.45, 2.75) is 25.8 Å². The van der Waals surface area contributed by atoms with Gasteiger partial charge in [-0.3, -0.25) is 0 Å². The maximum absolute atomic E-state index is 10.8. The van der Waals surface area contributed by atoms with E-state index in [2.05, 4.69) is 0 Å². The summed E-state index contributed by atoms with van der Waals surface area (Å²) in [5.41, 5.74) is -0.0972. The van der Waals surface area contributed by atoms with Crippen LogP contribution in [-0.4, -0.2) is 5.54 Å². The van der Waals surface area contributed by atoms with E-state index in [1.165, 1.54) is 0 Å². The summed E-state index contributed by atoms with van der Waals surface area (Å²) >= 11 is 0. The number of nitrogens with one attached hydrogen (secondary N) is 1. The summed E-state index contributed by atoms with van der Waals surface area (Å²) in [4.78, 5) is 0. The fourth-order valence-corrected chi connectivity index (χ4v) is 0.787. The summed E-state index contributed by atoms with van der Waals surface area (Å²) in [5, 5.41) is 11.1. The van der Waals surface area contributed by atoms with Crippen LogP contribution < -0.4 is 5.06 Å². The molecule has 0 radical (unpaired) electrons. The van der Waals surface area contributed by atoms with E-state index in [1.807, 2.05) is 19.9 Å². The molecule has 0 aromatic carbocycles. The van der Waals surface area contributed by atoms with Gasteiger partial charge in [0.05, 0.1) is 11.7 Å². The molecule has 0 saturated carbocycles. The lowest BCUT2D eigenvalue weighted by Crippen LogP contribution is -3.09. The Morgan fingerprint density at radius 2 is 2.25 bits per heavy atom. The van der Waals surface area contributed by atoms with Crippen LogP contribution in [0.2, 0.25) is 0 Å². The molecule has 46 valence electrons. The number of hydrogen-bond acceptors (Lipinski definition) is 1. The van der Waals surface area contributed by atoms with Crippen molar-refractivity contribution < 1.29 is 5.06 Å². The van der Waals surface area contributed by atoms with Gasteiger partial charge in [-0.05, 0) is 19.9 Å². The van der Waals surface area contributed by atoms with Crippen LogP contribution in [0.1, 0.15) is 20.3 Å². The third kappa shape index (κ3) is 0.767. The normalized spacial score (nSPS) is 33.6. The largest absolute Gasteiger partial charge is 0.629 e. The molecule has 2 heteroatoms. The zero-order chi connectivity index (χ0) is 6.20. The van der Waals surface area contributed by atoms with Crippen LogP contribution in [0, 0.1) is 5.21 Å². The van der Waals surface area contributed by atoms with Crippen LogP contribution in [0.4, 0.5) is 0 Å². The van der Waals surface area contributed by atoms with Crippen molar-refractivity contribution in [1.29, 1.82) is 0 Å². The summed E-state index contributed by atoms with van der Waals surface area (Å²) in [5.74, 6) is 0. The van der Waals surface area contributed by atoms with Gasteiger partial charge in [0.15, 0.2) is 0 Å². The predicted octanol–water partition coefficient (Wildman–Crippen LogP) is 0.0651. The average Bonchev–Trinajstić information content (AvgIpc) is 1.86. The Labute approximate surface area is 49.4 Å². The molecule has 1 atom stereocenters. The molecule has 0 unspecified atom stereocenters. The van der Waals surface area contributed by atoms with Crippen LogP contribution in [0.25, 0.3) is 0 Å². The van der Waals surface area contributed by atoms with Gasteiger partial charge in [-0.2, -0.15) is 0 Å². The molecule has 0 spiro atoms. The number of quaternary nitrogens is 1. The van der Waals surface area contributed by atoms with Gasteiger partial charge in [-0.15, -0.1) is 0 Å². The molecule has 0 aromatic heterocycles. The van der Waals surface area contributed by atoms with E-state index in [-0.39, 0.29) is 10.6 Å². The highest BCUT2D eigenvalue weighted by Crippen LogP contribution is 2.07. The highest BCUT2D eigenvalue weighted by atomic mass is 16.5. The van der Waals surface area contributed by atoms with E-state index in [4.69, 9.17) is 0 Å². The molecule has 1 heterocycles. The van der Waals surface area contributed by atoms with Gasteiger partial charge >= 0.3 is 0 Å². The topological polar surface area (TPSA) is 27.5 Å². The second-order valence-electron chi connectivity index (χ2n) is 2.85. The first-order chi connectivity index (χ1) is 3.63. The van der Waals surface area contributed by atoms with Gasteiger partial charge in [0.2, 0.25) is 0 Å². The summed E-state index contributed by atoms with van der Waals surface area (Å²) in [7, 11) is 0. The Morgan fingerprint density at radius 3 is 2.38 bits per heavy atom. The maximum Gasteiger partial charge on any atom is 0.0995 e. The van der Waals surface area contributed by atoms with Crippen LogP contribution in [-0.2, 0) is 0 Å². The lowest BCUT2D eigenvalue weighted by atomic mass is 10.0. The molecule has 1 rings (SSSR count).